The Labute approximate surface area is 197 Å². The van der Waals surface area contributed by atoms with Crippen molar-refractivity contribution in [3.05, 3.63) is 82.7 Å². The second kappa shape index (κ2) is 8.85. The standard InChI is InChI=1S/C23H16N6O2S2/c1-14(30)15-7-9-16(10-8-15)18-13-33-23(25-18)29-21(31)20(26-27-22-24-11-12-32-22)19(28-29)17-5-3-2-4-6-17/h2-13H,1H3,(H,24,27)/b26-20+. The van der Waals surface area contributed by atoms with Crippen molar-refractivity contribution in [3.8, 4) is 11.3 Å². The summed E-state index contributed by atoms with van der Waals surface area (Å²) in [6.07, 6.45) is 1.65. The molecule has 4 aromatic rings. The molecule has 1 aliphatic heterocycles. The molecule has 1 aliphatic rings. The molecule has 1 N–H and O–H groups in total. The van der Waals surface area contributed by atoms with E-state index < -0.39 is 0 Å². The van der Waals surface area contributed by atoms with Crippen LogP contribution in [0.25, 0.3) is 11.3 Å². The van der Waals surface area contributed by atoms with Crippen molar-refractivity contribution in [1.29, 1.82) is 0 Å². The molecule has 0 atom stereocenters. The van der Waals surface area contributed by atoms with Crippen LogP contribution in [0.15, 0.2) is 81.8 Å². The van der Waals surface area contributed by atoms with Crippen LogP contribution < -0.4 is 10.4 Å². The van der Waals surface area contributed by atoms with Crippen LogP contribution in [0.1, 0.15) is 22.8 Å². The summed E-state index contributed by atoms with van der Waals surface area (Å²) in [5, 5.41) is 14.8. The van der Waals surface area contributed by atoms with Gasteiger partial charge in [0.05, 0.1) is 5.69 Å². The van der Waals surface area contributed by atoms with Crippen LogP contribution >= 0.6 is 22.7 Å². The predicted molar refractivity (Wildman–Crippen MR) is 131 cm³/mol. The quantitative estimate of drug-likeness (QED) is 0.324. The second-order valence-electron chi connectivity index (χ2n) is 6.99. The number of nitrogens with zero attached hydrogens (tertiary/aromatic N) is 5. The maximum Gasteiger partial charge on any atom is 0.303 e. The van der Waals surface area contributed by atoms with E-state index in [1.54, 1.807) is 18.3 Å². The largest absolute Gasteiger partial charge is 0.303 e. The van der Waals surface area contributed by atoms with E-state index in [0.717, 1.165) is 11.1 Å². The van der Waals surface area contributed by atoms with E-state index in [0.29, 0.717) is 27.2 Å². The molecule has 0 saturated heterocycles. The fourth-order valence-electron chi connectivity index (χ4n) is 3.17. The highest BCUT2D eigenvalue weighted by Gasteiger charge is 2.35. The van der Waals surface area contributed by atoms with Crippen LogP contribution in [0.5, 0.6) is 0 Å². The number of hydrogen-bond acceptors (Lipinski definition) is 9. The van der Waals surface area contributed by atoms with Gasteiger partial charge < -0.3 is 0 Å². The van der Waals surface area contributed by atoms with Crippen LogP contribution in [0.2, 0.25) is 0 Å². The van der Waals surface area contributed by atoms with Crippen LogP contribution in [0, 0.1) is 0 Å². The van der Waals surface area contributed by atoms with Gasteiger partial charge in [-0.05, 0) is 6.92 Å². The number of hydrazone groups is 2. The number of rotatable bonds is 6. The number of anilines is 2. The van der Waals surface area contributed by atoms with E-state index in [1.807, 2.05) is 53.2 Å². The summed E-state index contributed by atoms with van der Waals surface area (Å²) in [7, 11) is 0. The average Bonchev–Trinajstić information content (AvgIpc) is 3.59. The predicted octanol–water partition coefficient (Wildman–Crippen LogP) is 4.69. The summed E-state index contributed by atoms with van der Waals surface area (Å²) in [5.41, 5.74) is 6.41. The number of benzene rings is 2. The SMILES string of the molecule is CC(=O)c1ccc(-c2csc(N3N=C(c4ccccc4)/C(=N\Nc4nccs4)C3=O)n2)cc1. The Bertz CT molecular complexity index is 1380. The Morgan fingerprint density at radius 3 is 2.52 bits per heavy atom. The number of Topliss-reactive ketones (excluding diaryl/α,β-unsaturated/α-hetero) is 1. The molecule has 0 bridgehead atoms. The number of thiazole rings is 2. The number of carbonyl (C=O) groups is 2. The first-order valence-electron chi connectivity index (χ1n) is 9.89. The lowest BCUT2D eigenvalue weighted by atomic mass is 10.1. The fraction of sp³-hybridized carbons (Fsp3) is 0.0435. The summed E-state index contributed by atoms with van der Waals surface area (Å²) >= 11 is 2.69. The van der Waals surface area contributed by atoms with Gasteiger partial charge in [0.1, 0.15) is 5.71 Å². The van der Waals surface area contributed by atoms with Crippen molar-refractivity contribution in [1.82, 2.24) is 9.97 Å². The van der Waals surface area contributed by atoms with Crippen LogP contribution in [0.3, 0.4) is 0 Å². The van der Waals surface area contributed by atoms with E-state index in [-0.39, 0.29) is 17.4 Å². The molecule has 0 radical (unpaired) electrons. The van der Waals surface area contributed by atoms with E-state index in [1.165, 1.54) is 34.6 Å². The zero-order chi connectivity index (χ0) is 22.8. The second-order valence-corrected chi connectivity index (χ2v) is 8.72. The maximum absolute atomic E-state index is 13.3. The third-order valence-electron chi connectivity index (χ3n) is 4.82. The number of ketones is 1. The highest BCUT2D eigenvalue weighted by atomic mass is 32.1. The maximum atomic E-state index is 13.3. The van der Waals surface area contributed by atoms with E-state index in [4.69, 9.17) is 0 Å². The van der Waals surface area contributed by atoms with E-state index >= 15 is 0 Å². The lowest BCUT2D eigenvalue weighted by Crippen LogP contribution is -2.28. The molecule has 0 saturated carbocycles. The Balaban J connectivity index is 1.48. The minimum absolute atomic E-state index is 0.00383. The van der Waals surface area contributed by atoms with Gasteiger partial charge in [0, 0.05) is 33.6 Å². The molecule has 0 unspecified atom stereocenters. The van der Waals surface area contributed by atoms with Gasteiger partial charge in [-0.25, -0.2) is 9.97 Å². The molecule has 3 heterocycles. The zero-order valence-electron chi connectivity index (χ0n) is 17.3. The Kier molecular flexibility index (Phi) is 5.59. The average molecular weight is 473 g/mol. The first-order chi connectivity index (χ1) is 16.1. The van der Waals surface area contributed by atoms with Gasteiger partial charge in [-0.1, -0.05) is 54.6 Å². The summed E-state index contributed by atoms with van der Waals surface area (Å²) in [4.78, 5) is 33.5. The Hall–Kier alpha value is -4.02. The monoisotopic (exact) mass is 472 g/mol. The molecule has 33 heavy (non-hydrogen) atoms. The molecular formula is C23H16N6O2S2. The number of hydrogen-bond donors (Lipinski definition) is 1. The fourth-order valence-corrected chi connectivity index (χ4v) is 4.42. The summed E-state index contributed by atoms with van der Waals surface area (Å²) in [6.45, 7) is 1.53. The number of carbonyl (C=O) groups excluding carboxylic acids is 2. The molecule has 2 aromatic carbocycles. The smallest absolute Gasteiger partial charge is 0.295 e. The first kappa shape index (κ1) is 20.9. The molecule has 162 valence electrons. The minimum atomic E-state index is -0.384. The third-order valence-corrected chi connectivity index (χ3v) is 6.32. The van der Waals surface area contributed by atoms with Gasteiger partial charge >= 0.3 is 5.91 Å². The van der Waals surface area contributed by atoms with Gasteiger partial charge in [0.25, 0.3) is 0 Å². The third kappa shape index (κ3) is 4.21. The molecule has 10 heteroatoms. The van der Waals surface area contributed by atoms with Crippen molar-refractivity contribution < 1.29 is 9.59 Å². The lowest BCUT2D eigenvalue weighted by molar-refractivity contribution is -0.112. The van der Waals surface area contributed by atoms with Crippen LogP contribution in [-0.2, 0) is 4.79 Å². The molecule has 8 nitrogen and oxygen atoms in total. The van der Waals surface area contributed by atoms with Gasteiger partial charge in [-0.2, -0.15) is 15.2 Å². The van der Waals surface area contributed by atoms with E-state index in [9.17, 15) is 9.59 Å². The molecule has 2 aromatic heterocycles. The zero-order valence-corrected chi connectivity index (χ0v) is 18.9. The van der Waals surface area contributed by atoms with Crippen molar-refractivity contribution in [2.45, 2.75) is 6.92 Å². The molecule has 0 fully saturated rings. The lowest BCUT2D eigenvalue weighted by Gasteiger charge is -2.06. The van der Waals surface area contributed by atoms with Crippen molar-refractivity contribution in [2.24, 2.45) is 10.2 Å². The van der Waals surface area contributed by atoms with Crippen molar-refractivity contribution >= 4 is 56.1 Å². The topological polar surface area (TPSA) is 99.9 Å². The molecular weight excluding hydrogens is 456 g/mol. The number of aromatic nitrogens is 2. The highest BCUT2D eigenvalue weighted by molar-refractivity contribution is 7.14. The summed E-state index contributed by atoms with van der Waals surface area (Å²) in [6, 6.07) is 16.6. The molecule has 0 spiro atoms. The Morgan fingerprint density at radius 1 is 1.03 bits per heavy atom. The summed E-state index contributed by atoms with van der Waals surface area (Å²) < 4.78 is 0. The van der Waals surface area contributed by atoms with Crippen LogP contribution in [0.4, 0.5) is 10.3 Å². The number of amides is 1. The highest BCUT2D eigenvalue weighted by Crippen LogP contribution is 2.30. The van der Waals surface area contributed by atoms with Gasteiger partial charge in [-0.15, -0.1) is 22.7 Å². The normalized spacial score (nSPS) is 14.6. The first-order valence-corrected chi connectivity index (χ1v) is 11.6. The van der Waals surface area contributed by atoms with Gasteiger partial charge in [0.2, 0.25) is 10.3 Å². The number of nitrogens with one attached hydrogen (secondary N) is 1. The minimum Gasteiger partial charge on any atom is -0.295 e. The van der Waals surface area contributed by atoms with Crippen molar-refractivity contribution in [3.63, 3.8) is 0 Å². The van der Waals surface area contributed by atoms with Crippen molar-refractivity contribution in [2.75, 3.05) is 10.4 Å². The Morgan fingerprint density at radius 2 is 1.82 bits per heavy atom. The van der Waals surface area contributed by atoms with Gasteiger partial charge in [0.15, 0.2) is 11.5 Å². The van der Waals surface area contributed by atoms with E-state index in [2.05, 4.69) is 25.6 Å². The van der Waals surface area contributed by atoms with Crippen LogP contribution in [-0.4, -0.2) is 33.1 Å². The molecule has 0 aliphatic carbocycles. The molecule has 5 rings (SSSR count). The van der Waals surface area contributed by atoms with Gasteiger partial charge in [-0.3, -0.25) is 15.0 Å². The molecule has 1 amide bonds. The summed E-state index contributed by atoms with van der Waals surface area (Å²) in [5.74, 6) is -0.380.